The largest absolute Gasteiger partial charge is 0.340 e. The molecular weight excluding hydrogens is 234 g/mol. The Morgan fingerprint density at radius 1 is 1.29 bits per heavy atom. The van der Waals surface area contributed by atoms with E-state index in [2.05, 4.69) is 16.4 Å². The van der Waals surface area contributed by atoms with Gasteiger partial charge in [-0.25, -0.2) is 4.98 Å². The molecule has 0 aliphatic heterocycles. The topological polar surface area (TPSA) is 48.7 Å². The van der Waals surface area contributed by atoms with E-state index in [0.717, 1.165) is 11.3 Å². The first-order valence-corrected chi connectivity index (χ1v) is 5.46. The first-order chi connectivity index (χ1) is 8.17. The van der Waals surface area contributed by atoms with E-state index in [0.29, 0.717) is 16.5 Å². The van der Waals surface area contributed by atoms with E-state index in [-0.39, 0.29) is 0 Å². The number of nitrogens with one attached hydrogen (secondary N) is 1. The van der Waals surface area contributed by atoms with Gasteiger partial charge >= 0.3 is 0 Å². The molecule has 0 fully saturated rings. The average molecular weight is 244 g/mol. The van der Waals surface area contributed by atoms with Crippen LogP contribution in [0.4, 0.5) is 11.5 Å². The maximum Gasteiger partial charge on any atom is 0.132 e. The Balaban J connectivity index is 2.28. The third-order valence-electron chi connectivity index (χ3n) is 2.20. The zero-order valence-corrected chi connectivity index (χ0v) is 9.99. The second kappa shape index (κ2) is 4.86. The lowest BCUT2D eigenvalue weighted by Gasteiger charge is -2.07. The highest BCUT2D eigenvalue weighted by Crippen LogP contribution is 2.19. The van der Waals surface area contributed by atoms with E-state index in [1.807, 2.05) is 25.1 Å². The number of halogens is 1. The lowest BCUT2D eigenvalue weighted by Crippen LogP contribution is -1.94. The van der Waals surface area contributed by atoms with Crippen LogP contribution in [0.3, 0.4) is 0 Å². The Labute approximate surface area is 105 Å². The number of benzene rings is 1. The van der Waals surface area contributed by atoms with Crippen LogP contribution in [0.5, 0.6) is 0 Å². The van der Waals surface area contributed by atoms with Crippen molar-refractivity contribution in [1.29, 1.82) is 5.26 Å². The van der Waals surface area contributed by atoms with Crippen molar-refractivity contribution in [3.05, 3.63) is 52.7 Å². The highest BCUT2D eigenvalue weighted by Gasteiger charge is 2.00. The number of nitrogens with zero attached hydrogens (tertiary/aromatic N) is 2. The van der Waals surface area contributed by atoms with E-state index in [1.165, 1.54) is 0 Å². The van der Waals surface area contributed by atoms with Crippen molar-refractivity contribution in [2.24, 2.45) is 0 Å². The smallest absolute Gasteiger partial charge is 0.132 e. The van der Waals surface area contributed by atoms with Crippen molar-refractivity contribution in [2.75, 3.05) is 5.32 Å². The predicted molar refractivity (Wildman–Crippen MR) is 68.4 cm³/mol. The van der Waals surface area contributed by atoms with Crippen LogP contribution in [0.1, 0.15) is 11.1 Å². The average Bonchev–Trinajstić information content (AvgIpc) is 2.28. The molecule has 1 heterocycles. The van der Waals surface area contributed by atoms with Gasteiger partial charge in [-0.2, -0.15) is 5.26 Å². The monoisotopic (exact) mass is 243 g/mol. The van der Waals surface area contributed by atoms with E-state index < -0.39 is 0 Å². The summed E-state index contributed by atoms with van der Waals surface area (Å²) in [4.78, 5) is 4.16. The number of hydrogen-bond acceptors (Lipinski definition) is 3. The van der Waals surface area contributed by atoms with Crippen LogP contribution in [0.2, 0.25) is 5.15 Å². The molecule has 0 unspecified atom stereocenters. The molecule has 0 spiro atoms. The summed E-state index contributed by atoms with van der Waals surface area (Å²) in [6.07, 6.45) is 0. The minimum Gasteiger partial charge on any atom is -0.340 e. The van der Waals surface area contributed by atoms with Crippen LogP contribution in [0.25, 0.3) is 0 Å². The summed E-state index contributed by atoms with van der Waals surface area (Å²) >= 11 is 5.87. The number of aromatic nitrogens is 1. The molecule has 0 aliphatic rings. The van der Waals surface area contributed by atoms with Gasteiger partial charge in [0.25, 0.3) is 0 Å². The summed E-state index contributed by atoms with van der Waals surface area (Å²) < 4.78 is 0. The van der Waals surface area contributed by atoms with Gasteiger partial charge in [0, 0.05) is 5.69 Å². The second-order valence-electron chi connectivity index (χ2n) is 3.67. The van der Waals surface area contributed by atoms with Crippen LogP contribution in [0.15, 0.2) is 36.4 Å². The van der Waals surface area contributed by atoms with Crippen LogP contribution in [-0.4, -0.2) is 4.98 Å². The third-order valence-corrected chi connectivity index (χ3v) is 2.40. The molecule has 84 valence electrons. The molecule has 0 saturated carbocycles. The number of nitriles is 1. The van der Waals surface area contributed by atoms with Gasteiger partial charge < -0.3 is 5.32 Å². The van der Waals surface area contributed by atoms with Gasteiger partial charge in [-0.1, -0.05) is 17.7 Å². The molecule has 4 heteroatoms. The number of pyridine rings is 1. The Morgan fingerprint density at radius 3 is 2.82 bits per heavy atom. The highest BCUT2D eigenvalue weighted by atomic mass is 35.5. The fourth-order valence-corrected chi connectivity index (χ4v) is 1.77. The standard InChI is InChI=1S/C13H10ClN3/c1-9-5-12(14)17-13(6-9)16-11-4-2-3-10(7-11)8-15/h2-7H,1H3,(H,16,17). The summed E-state index contributed by atoms with van der Waals surface area (Å²) in [6, 6.07) is 13.0. The molecule has 2 aromatic rings. The van der Waals surface area contributed by atoms with Crippen LogP contribution < -0.4 is 5.32 Å². The number of hydrogen-bond donors (Lipinski definition) is 1. The second-order valence-corrected chi connectivity index (χ2v) is 4.06. The summed E-state index contributed by atoms with van der Waals surface area (Å²) in [5.74, 6) is 0.671. The van der Waals surface area contributed by atoms with Crippen LogP contribution in [0, 0.1) is 18.3 Å². The maximum atomic E-state index is 8.80. The molecule has 0 bridgehead atoms. The Morgan fingerprint density at radius 2 is 2.12 bits per heavy atom. The number of aryl methyl sites for hydroxylation is 1. The van der Waals surface area contributed by atoms with Crippen molar-refractivity contribution in [3.63, 3.8) is 0 Å². The summed E-state index contributed by atoms with van der Waals surface area (Å²) in [6.45, 7) is 1.95. The lowest BCUT2D eigenvalue weighted by atomic mass is 10.2. The molecule has 1 aromatic heterocycles. The van der Waals surface area contributed by atoms with Crippen LogP contribution in [-0.2, 0) is 0 Å². The van der Waals surface area contributed by atoms with E-state index in [9.17, 15) is 0 Å². The molecule has 0 atom stereocenters. The molecule has 1 N–H and O–H groups in total. The molecule has 3 nitrogen and oxygen atoms in total. The number of anilines is 2. The molecule has 1 aromatic carbocycles. The van der Waals surface area contributed by atoms with Gasteiger partial charge in [-0.3, -0.25) is 0 Å². The molecule has 0 aliphatic carbocycles. The Bertz CT molecular complexity index is 567. The van der Waals surface area contributed by atoms with Gasteiger partial charge in [0.1, 0.15) is 11.0 Å². The van der Waals surface area contributed by atoms with Crippen molar-refractivity contribution >= 4 is 23.1 Å². The zero-order valence-electron chi connectivity index (χ0n) is 9.24. The van der Waals surface area contributed by atoms with Crippen molar-refractivity contribution in [2.45, 2.75) is 6.92 Å². The molecule has 17 heavy (non-hydrogen) atoms. The Kier molecular flexibility index (Phi) is 3.27. The SMILES string of the molecule is Cc1cc(Cl)nc(Nc2cccc(C#N)c2)c1. The van der Waals surface area contributed by atoms with Gasteiger partial charge in [-0.05, 0) is 42.8 Å². The van der Waals surface area contributed by atoms with E-state index in [1.54, 1.807) is 18.2 Å². The van der Waals surface area contributed by atoms with Gasteiger partial charge in [0.05, 0.1) is 11.6 Å². The lowest BCUT2D eigenvalue weighted by molar-refractivity contribution is 1.27. The maximum absolute atomic E-state index is 8.80. The summed E-state index contributed by atoms with van der Waals surface area (Å²) in [5.41, 5.74) is 2.45. The van der Waals surface area contributed by atoms with Crippen molar-refractivity contribution in [3.8, 4) is 6.07 Å². The fourth-order valence-electron chi connectivity index (χ4n) is 1.50. The molecule has 0 amide bonds. The summed E-state index contributed by atoms with van der Waals surface area (Å²) in [7, 11) is 0. The molecule has 0 radical (unpaired) electrons. The zero-order chi connectivity index (χ0) is 12.3. The quantitative estimate of drug-likeness (QED) is 0.819. The minimum absolute atomic E-state index is 0.448. The van der Waals surface area contributed by atoms with Crippen LogP contribution >= 0.6 is 11.6 Å². The van der Waals surface area contributed by atoms with Gasteiger partial charge in [0.15, 0.2) is 0 Å². The minimum atomic E-state index is 0.448. The number of rotatable bonds is 2. The van der Waals surface area contributed by atoms with Crippen molar-refractivity contribution in [1.82, 2.24) is 4.98 Å². The normalized spacial score (nSPS) is 9.71. The van der Waals surface area contributed by atoms with E-state index in [4.69, 9.17) is 16.9 Å². The molecular formula is C13H10ClN3. The highest BCUT2D eigenvalue weighted by molar-refractivity contribution is 6.29. The first-order valence-electron chi connectivity index (χ1n) is 5.09. The molecule has 2 rings (SSSR count). The third kappa shape index (κ3) is 2.96. The van der Waals surface area contributed by atoms with Gasteiger partial charge in [-0.15, -0.1) is 0 Å². The predicted octanol–water partition coefficient (Wildman–Crippen LogP) is 3.66. The van der Waals surface area contributed by atoms with Gasteiger partial charge in [0.2, 0.25) is 0 Å². The fraction of sp³-hybridized carbons (Fsp3) is 0.0769. The molecule has 0 saturated heterocycles. The summed E-state index contributed by atoms with van der Waals surface area (Å²) in [5, 5.41) is 12.4. The van der Waals surface area contributed by atoms with E-state index >= 15 is 0 Å². The van der Waals surface area contributed by atoms with Crippen molar-refractivity contribution < 1.29 is 0 Å². The Hall–Kier alpha value is -2.05. The first kappa shape index (κ1) is 11.4.